The number of nitrogens with one attached hydrogen (secondary N) is 2. The third-order valence-corrected chi connectivity index (χ3v) is 8.26. The number of nitrogens with zero attached hydrogens (tertiary/aromatic N) is 2. The molecule has 0 spiro atoms. The van der Waals surface area contributed by atoms with Crippen molar-refractivity contribution >= 4 is 27.6 Å². The maximum absolute atomic E-state index is 13.5. The van der Waals surface area contributed by atoms with Crippen LogP contribution >= 0.6 is 0 Å². The van der Waals surface area contributed by atoms with Crippen molar-refractivity contribution in [2.24, 2.45) is 0 Å². The fraction of sp³-hybridized carbons (Fsp3) is 0.259. The first-order chi connectivity index (χ1) is 19.0. The minimum Gasteiger partial charge on any atom is -0.497 e. The van der Waals surface area contributed by atoms with E-state index in [0.717, 1.165) is 34.1 Å². The second-order valence-corrected chi connectivity index (χ2v) is 10.9. The largest absolute Gasteiger partial charge is 0.497 e. The van der Waals surface area contributed by atoms with Crippen molar-refractivity contribution in [2.75, 3.05) is 32.1 Å². The van der Waals surface area contributed by atoms with Crippen LogP contribution in [0.2, 0.25) is 0 Å². The van der Waals surface area contributed by atoms with Gasteiger partial charge in [-0.2, -0.15) is 17.5 Å². The molecule has 0 radical (unpaired) electrons. The summed E-state index contributed by atoms with van der Waals surface area (Å²) in [6, 6.07) is 16.6. The molecule has 1 aliphatic heterocycles. The van der Waals surface area contributed by atoms with Crippen molar-refractivity contribution in [1.82, 2.24) is 14.5 Å². The Kier molecular flexibility index (Phi) is 8.64. The summed E-state index contributed by atoms with van der Waals surface area (Å²) in [5, 5.41) is 5.25. The van der Waals surface area contributed by atoms with E-state index in [4.69, 9.17) is 4.74 Å². The quantitative estimate of drug-likeness (QED) is 0.443. The SMILES string of the molecule is COc1cccc(CNC(=O)C2CN(C(=O)Nc3ccc(C(F)(F)F)cc3)CCN2S(=O)(=O)c2ccccc2)c1. The van der Waals surface area contributed by atoms with Crippen molar-refractivity contribution in [3.63, 3.8) is 0 Å². The van der Waals surface area contributed by atoms with Crippen LogP contribution in [0.3, 0.4) is 0 Å². The van der Waals surface area contributed by atoms with Gasteiger partial charge in [-0.15, -0.1) is 0 Å². The fourth-order valence-corrected chi connectivity index (χ4v) is 5.81. The van der Waals surface area contributed by atoms with E-state index in [1.54, 1.807) is 42.5 Å². The molecule has 40 heavy (non-hydrogen) atoms. The van der Waals surface area contributed by atoms with E-state index in [-0.39, 0.29) is 36.8 Å². The topological polar surface area (TPSA) is 108 Å². The molecule has 1 heterocycles. The molecule has 13 heteroatoms. The first-order valence-electron chi connectivity index (χ1n) is 12.2. The number of sulfonamides is 1. The van der Waals surface area contributed by atoms with Gasteiger partial charge in [0.25, 0.3) is 0 Å². The summed E-state index contributed by atoms with van der Waals surface area (Å²) in [5.41, 5.74) is -0.0211. The molecule has 4 rings (SSSR count). The van der Waals surface area contributed by atoms with Gasteiger partial charge in [-0.1, -0.05) is 30.3 Å². The summed E-state index contributed by atoms with van der Waals surface area (Å²) in [5.74, 6) is -0.0295. The Morgan fingerprint density at radius 3 is 2.33 bits per heavy atom. The predicted octanol–water partition coefficient (Wildman–Crippen LogP) is 3.94. The summed E-state index contributed by atoms with van der Waals surface area (Å²) in [7, 11) is -2.58. The Labute approximate surface area is 229 Å². The highest BCUT2D eigenvalue weighted by molar-refractivity contribution is 7.89. The normalized spacial score (nSPS) is 16.3. The second kappa shape index (κ2) is 12.0. The third-order valence-electron chi connectivity index (χ3n) is 6.34. The van der Waals surface area contributed by atoms with Crippen LogP contribution in [0.25, 0.3) is 0 Å². The van der Waals surface area contributed by atoms with E-state index in [9.17, 15) is 31.2 Å². The second-order valence-electron chi connectivity index (χ2n) is 8.97. The van der Waals surface area contributed by atoms with Crippen molar-refractivity contribution in [2.45, 2.75) is 23.7 Å². The number of urea groups is 1. The van der Waals surface area contributed by atoms with Crippen molar-refractivity contribution in [1.29, 1.82) is 0 Å². The molecular weight excluding hydrogens is 549 g/mol. The van der Waals surface area contributed by atoms with Crippen molar-refractivity contribution in [3.05, 3.63) is 90.0 Å². The summed E-state index contributed by atoms with van der Waals surface area (Å²) in [4.78, 5) is 27.6. The lowest BCUT2D eigenvalue weighted by Gasteiger charge is -2.39. The minimum absolute atomic E-state index is 0.00301. The monoisotopic (exact) mass is 576 g/mol. The molecule has 0 aliphatic carbocycles. The van der Waals surface area contributed by atoms with E-state index in [1.165, 1.54) is 24.1 Å². The molecule has 3 aromatic rings. The highest BCUT2D eigenvalue weighted by Gasteiger charge is 2.41. The van der Waals surface area contributed by atoms with Gasteiger partial charge in [0.2, 0.25) is 15.9 Å². The number of benzene rings is 3. The Hall–Kier alpha value is -4.10. The number of rotatable bonds is 7. The number of halogens is 3. The zero-order valence-corrected chi connectivity index (χ0v) is 22.2. The molecule has 1 saturated heterocycles. The Bertz CT molecular complexity index is 1450. The van der Waals surface area contributed by atoms with Gasteiger partial charge in [0.05, 0.1) is 17.6 Å². The number of anilines is 1. The lowest BCUT2D eigenvalue weighted by molar-refractivity contribution is -0.137. The molecule has 2 N–H and O–H groups in total. The number of methoxy groups -OCH3 is 1. The number of hydrogen-bond donors (Lipinski definition) is 2. The van der Waals surface area contributed by atoms with Gasteiger partial charge in [0.15, 0.2) is 0 Å². The minimum atomic E-state index is -4.52. The molecule has 0 bridgehead atoms. The number of alkyl halides is 3. The van der Waals surface area contributed by atoms with Crippen LogP contribution in [-0.2, 0) is 27.5 Å². The van der Waals surface area contributed by atoms with Gasteiger partial charge in [0.1, 0.15) is 11.8 Å². The molecule has 212 valence electrons. The zero-order valence-electron chi connectivity index (χ0n) is 21.4. The predicted molar refractivity (Wildman–Crippen MR) is 141 cm³/mol. The number of carbonyl (C=O) groups excluding carboxylic acids is 2. The number of amides is 3. The number of piperazine rings is 1. The molecule has 0 aromatic heterocycles. The van der Waals surface area contributed by atoms with Crippen LogP contribution in [0.15, 0.2) is 83.8 Å². The van der Waals surface area contributed by atoms with Gasteiger partial charge >= 0.3 is 12.2 Å². The van der Waals surface area contributed by atoms with Crippen LogP contribution < -0.4 is 15.4 Å². The lowest BCUT2D eigenvalue weighted by atomic mass is 10.1. The van der Waals surface area contributed by atoms with Crippen LogP contribution in [0, 0.1) is 0 Å². The van der Waals surface area contributed by atoms with Crippen LogP contribution in [0.4, 0.5) is 23.7 Å². The maximum Gasteiger partial charge on any atom is 0.416 e. The summed E-state index contributed by atoms with van der Waals surface area (Å²) >= 11 is 0. The Morgan fingerprint density at radius 1 is 0.975 bits per heavy atom. The van der Waals surface area contributed by atoms with Gasteiger partial charge in [-0.05, 0) is 54.1 Å². The van der Waals surface area contributed by atoms with Gasteiger partial charge in [0, 0.05) is 31.9 Å². The molecule has 1 aliphatic rings. The number of carbonyl (C=O) groups is 2. The van der Waals surface area contributed by atoms with E-state index < -0.39 is 39.7 Å². The van der Waals surface area contributed by atoms with Gasteiger partial charge in [-0.25, -0.2) is 13.2 Å². The van der Waals surface area contributed by atoms with E-state index in [0.29, 0.717) is 5.75 Å². The first kappa shape index (κ1) is 28.9. The standard InChI is InChI=1S/C27H27F3N4O5S/c1-39-22-7-5-6-19(16-22)17-31-25(35)24-18-33(14-15-34(24)40(37,38)23-8-3-2-4-9-23)26(36)32-21-12-10-20(11-13-21)27(28,29)30/h2-13,16,24H,14-15,17-18H2,1H3,(H,31,35)(H,32,36). The summed E-state index contributed by atoms with van der Waals surface area (Å²) in [6.45, 7) is -0.404. The maximum atomic E-state index is 13.5. The van der Waals surface area contributed by atoms with Gasteiger partial charge in [-0.3, -0.25) is 4.79 Å². The number of hydrogen-bond acceptors (Lipinski definition) is 5. The Morgan fingerprint density at radius 2 is 1.68 bits per heavy atom. The first-order valence-corrected chi connectivity index (χ1v) is 13.6. The molecule has 1 unspecified atom stereocenters. The van der Waals surface area contributed by atoms with Crippen LogP contribution in [0.1, 0.15) is 11.1 Å². The van der Waals surface area contributed by atoms with Crippen LogP contribution in [-0.4, -0.2) is 62.3 Å². The highest BCUT2D eigenvalue weighted by atomic mass is 32.2. The van der Waals surface area contributed by atoms with Crippen molar-refractivity contribution in [3.8, 4) is 5.75 Å². The third kappa shape index (κ3) is 6.72. The highest BCUT2D eigenvalue weighted by Crippen LogP contribution is 2.30. The van der Waals surface area contributed by atoms with E-state index in [2.05, 4.69) is 10.6 Å². The molecule has 9 nitrogen and oxygen atoms in total. The molecule has 1 fully saturated rings. The average Bonchev–Trinajstić information content (AvgIpc) is 2.96. The fourth-order valence-electron chi connectivity index (χ4n) is 4.21. The van der Waals surface area contributed by atoms with E-state index in [1.807, 2.05) is 0 Å². The molecular formula is C27H27F3N4O5S. The summed E-state index contributed by atoms with van der Waals surface area (Å²) < 4.78 is 71.8. The molecule has 3 amide bonds. The average molecular weight is 577 g/mol. The molecule has 0 saturated carbocycles. The van der Waals surface area contributed by atoms with Gasteiger partial charge < -0.3 is 20.3 Å². The van der Waals surface area contributed by atoms with Crippen LogP contribution in [0.5, 0.6) is 5.75 Å². The van der Waals surface area contributed by atoms with Crippen molar-refractivity contribution < 1.29 is 35.9 Å². The number of ether oxygens (including phenoxy) is 1. The molecule has 3 aromatic carbocycles. The Balaban J connectivity index is 1.53. The smallest absolute Gasteiger partial charge is 0.416 e. The zero-order chi connectivity index (χ0) is 28.9. The molecule has 1 atom stereocenters. The summed E-state index contributed by atoms with van der Waals surface area (Å²) in [6.07, 6.45) is -4.52. The van der Waals surface area contributed by atoms with E-state index >= 15 is 0 Å². The lowest BCUT2D eigenvalue weighted by Crippen LogP contribution is -2.61.